The van der Waals surface area contributed by atoms with Crippen LogP contribution in [0.15, 0.2) is 53.6 Å². The van der Waals surface area contributed by atoms with E-state index in [0.29, 0.717) is 44.0 Å². The highest BCUT2D eigenvalue weighted by Crippen LogP contribution is 2.33. The minimum absolute atomic E-state index is 0.0332. The number of carbonyl (C=O) groups excluding carboxylic acids is 1. The van der Waals surface area contributed by atoms with E-state index in [9.17, 15) is 20.1 Å². The van der Waals surface area contributed by atoms with Crippen LogP contribution < -0.4 is 31.5 Å². The van der Waals surface area contributed by atoms with Crippen molar-refractivity contribution in [2.24, 2.45) is 16.6 Å². The zero-order valence-electron chi connectivity index (χ0n) is 30.7. The number of nitrogens with zero attached hydrogens (tertiary/aromatic N) is 3. The maximum atomic E-state index is 12.3. The molecule has 276 valence electrons. The molecule has 7 N–H and O–H groups in total. The lowest BCUT2D eigenvalue weighted by Crippen LogP contribution is -2.58. The lowest BCUT2D eigenvalue weighted by atomic mass is 9.78. The molecule has 0 radical (unpaired) electrons. The number of unbranched alkanes of at least 4 members (excludes halogenated alkanes) is 4. The summed E-state index contributed by atoms with van der Waals surface area (Å²) >= 11 is 0. The summed E-state index contributed by atoms with van der Waals surface area (Å²) in [4.78, 5) is 12.3. The summed E-state index contributed by atoms with van der Waals surface area (Å²) in [6.07, 6.45) is 4.47. The van der Waals surface area contributed by atoms with Crippen molar-refractivity contribution in [3.05, 3.63) is 59.7 Å². The SMILES string of the molecule is CC(C)(c1ccc(OCC(O)C[N+](C)(C)N=C([O-])CCCCCN)cc1)c1ccc(OCC(O)C[N+](C)(C)NC(=O)CCCCCN)cc1. The van der Waals surface area contributed by atoms with Crippen LogP contribution in [0.1, 0.15) is 76.3 Å². The van der Waals surface area contributed by atoms with Crippen molar-refractivity contribution in [3.8, 4) is 11.5 Å². The van der Waals surface area contributed by atoms with Crippen LogP contribution >= 0.6 is 0 Å². The van der Waals surface area contributed by atoms with Gasteiger partial charge in [-0.1, -0.05) is 51.0 Å². The summed E-state index contributed by atoms with van der Waals surface area (Å²) in [6.45, 7) is 6.29. The number of hydrogen-bond donors (Lipinski definition) is 5. The van der Waals surface area contributed by atoms with Gasteiger partial charge in [-0.05, 0) is 80.6 Å². The Labute approximate surface area is 293 Å². The van der Waals surface area contributed by atoms with Gasteiger partial charge in [0.25, 0.3) is 5.91 Å². The summed E-state index contributed by atoms with van der Waals surface area (Å²) in [5.74, 6) is 1.08. The van der Waals surface area contributed by atoms with Gasteiger partial charge in [-0.3, -0.25) is 4.79 Å². The van der Waals surface area contributed by atoms with Crippen LogP contribution in [0.5, 0.6) is 11.5 Å². The molecule has 2 unspecified atom stereocenters. The van der Waals surface area contributed by atoms with Gasteiger partial charge in [0.05, 0.1) is 28.2 Å². The van der Waals surface area contributed by atoms with Crippen LogP contribution in [-0.4, -0.2) is 111 Å². The zero-order chi connectivity index (χ0) is 36.5. The van der Waals surface area contributed by atoms with Gasteiger partial charge in [-0.15, -0.1) is 5.10 Å². The number of likely N-dealkylation sites (N-methyl/N-ethyl adjacent to an activating group) is 2. The average molecular weight is 688 g/mol. The van der Waals surface area contributed by atoms with Crippen molar-refractivity contribution >= 4 is 11.8 Å². The van der Waals surface area contributed by atoms with Gasteiger partial charge in [0.15, 0.2) is 0 Å². The maximum Gasteiger partial charge on any atom is 0.264 e. The van der Waals surface area contributed by atoms with Crippen LogP contribution in [0, 0.1) is 0 Å². The monoisotopic (exact) mass is 687 g/mol. The fourth-order valence-corrected chi connectivity index (χ4v) is 5.67. The summed E-state index contributed by atoms with van der Waals surface area (Å²) in [5.41, 5.74) is 15.8. The number of amides is 1. The van der Waals surface area contributed by atoms with Gasteiger partial charge < -0.3 is 36.3 Å². The molecular weight excluding hydrogens is 624 g/mol. The molecule has 12 nitrogen and oxygen atoms in total. The first-order valence-electron chi connectivity index (χ1n) is 17.5. The highest BCUT2D eigenvalue weighted by Gasteiger charge is 2.26. The fourth-order valence-electron chi connectivity index (χ4n) is 5.67. The second-order valence-corrected chi connectivity index (χ2v) is 14.5. The Morgan fingerprint density at radius 1 is 0.776 bits per heavy atom. The van der Waals surface area contributed by atoms with Crippen LogP contribution in [0.2, 0.25) is 0 Å². The smallest absolute Gasteiger partial charge is 0.264 e. The number of rotatable bonds is 24. The van der Waals surface area contributed by atoms with E-state index in [-0.39, 0.29) is 46.2 Å². The lowest BCUT2D eigenvalue weighted by molar-refractivity contribution is -0.928. The van der Waals surface area contributed by atoms with E-state index >= 15 is 0 Å². The van der Waals surface area contributed by atoms with Crippen LogP contribution in [0.25, 0.3) is 0 Å². The maximum absolute atomic E-state index is 12.3. The number of hydrogen-bond acceptors (Lipinski definition) is 9. The summed E-state index contributed by atoms with van der Waals surface area (Å²) < 4.78 is 11.9. The van der Waals surface area contributed by atoms with E-state index in [1.54, 1.807) is 14.1 Å². The number of aliphatic hydroxyl groups excluding tert-OH is 2. The van der Waals surface area contributed by atoms with Crippen molar-refractivity contribution in [3.63, 3.8) is 0 Å². The Morgan fingerprint density at radius 2 is 1.22 bits per heavy atom. The highest BCUT2D eigenvalue weighted by atomic mass is 16.5. The molecule has 2 aromatic rings. The molecule has 2 rings (SSSR count). The van der Waals surface area contributed by atoms with Gasteiger partial charge in [0.1, 0.15) is 50.0 Å². The molecule has 12 heteroatoms. The van der Waals surface area contributed by atoms with Crippen LogP contribution in [0.3, 0.4) is 0 Å². The van der Waals surface area contributed by atoms with Crippen molar-refractivity contribution in [2.45, 2.75) is 82.8 Å². The largest absolute Gasteiger partial charge is 0.858 e. The summed E-state index contributed by atoms with van der Waals surface area (Å²) in [7, 11) is 7.27. The number of benzene rings is 2. The molecule has 0 aliphatic heterocycles. The van der Waals surface area contributed by atoms with Crippen molar-refractivity contribution in [1.29, 1.82) is 0 Å². The standard InChI is InChI=1S/C37H62N6O6/c1-37(2,29-15-19-33(20-16-29)48-27-31(44)25-42(3,4)40-35(46)13-9-7-11-23-38)30-17-21-34(22-18-30)49-28-32(45)26-43(5,6)41-36(47)14-10-8-12-24-39/h15-22,31-32,44-45H,7-14,23-28,38-39H2,1-6H3/p+1. The van der Waals surface area contributed by atoms with Crippen molar-refractivity contribution in [1.82, 2.24) is 5.43 Å². The van der Waals surface area contributed by atoms with E-state index in [4.69, 9.17) is 20.9 Å². The van der Waals surface area contributed by atoms with Gasteiger partial charge in [-0.2, -0.15) is 0 Å². The number of nitrogens with two attached hydrogens (primary N) is 2. The molecule has 0 saturated heterocycles. The molecule has 0 fully saturated rings. The van der Waals surface area contributed by atoms with Gasteiger partial charge in [0, 0.05) is 17.7 Å². The Hall–Kier alpha value is -3.26. The minimum atomic E-state index is -0.796. The molecule has 0 spiro atoms. The van der Waals surface area contributed by atoms with Crippen LogP contribution in [0.4, 0.5) is 0 Å². The van der Waals surface area contributed by atoms with E-state index in [1.807, 2.05) is 62.6 Å². The molecule has 49 heavy (non-hydrogen) atoms. The Kier molecular flexibility index (Phi) is 17.5. The molecule has 0 bridgehead atoms. The van der Waals surface area contributed by atoms with E-state index in [1.165, 1.54) is 0 Å². The normalized spacial score (nSPS) is 14.0. The van der Waals surface area contributed by atoms with E-state index < -0.39 is 12.2 Å². The first-order valence-corrected chi connectivity index (χ1v) is 17.5. The number of carbonyl (C=O) groups is 1. The highest BCUT2D eigenvalue weighted by molar-refractivity contribution is 5.74. The van der Waals surface area contributed by atoms with Crippen molar-refractivity contribution in [2.75, 3.05) is 67.6 Å². The van der Waals surface area contributed by atoms with E-state index in [0.717, 1.165) is 49.7 Å². The predicted octanol–water partition coefficient (Wildman–Crippen LogP) is 2.39. The van der Waals surface area contributed by atoms with Gasteiger partial charge in [-0.25, -0.2) is 14.6 Å². The molecular formula is C37H63N6O6+. The Morgan fingerprint density at radius 3 is 1.69 bits per heavy atom. The van der Waals surface area contributed by atoms with Crippen LogP contribution in [-0.2, 0) is 10.2 Å². The second kappa shape index (κ2) is 20.4. The summed E-state index contributed by atoms with van der Waals surface area (Å²) in [5, 5.41) is 37.6. The summed E-state index contributed by atoms with van der Waals surface area (Å²) in [6, 6.07) is 15.6. The molecule has 2 atom stereocenters. The Balaban J connectivity index is 1.84. The topological polar surface area (TPSA) is 175 Å². The first kappa shape index (κ1) is 41.9. The number of quaternary nitrogens is 2. The molecule has 0 heterocycles. The average Bonchev–Trinajstić information content (AvgIpc) is 3.02. The third-order valence-corrected chi connectivity index (χ3v) is 8.37. The minimum Gasteiger partial charge on any atom is -0.858 e. The number of ether oxygens (including phenoxy) is 2. The van der Waals surface area contributed by atoms with Gasteiger partial charge >= 0.3 is 0 Å². The number of aliphatic hydroxyl groups is 2. The predicted molar refractivity (Wildman–Crippen MR) is 193 cm³/mol. The quantitative estimate of drug-likeness (QED) is 0.0368. The second-order valence-electron chi connectivity index (χ2n) is 14.5. The number of nitrogens with one attached hydrogen (secondary N) is 1. The Bertz CT molecular complexity index is 1270. The third-order valence-electron chi connectivity index (χ3n) is 8.37. The zero-order valence-corrected chi connectivity index (χ0v) is 30.7. The third kappa shape index (κ3) is 16.3. The van der Waals surface area contributed by atoms with Crippen molar-refractivity contribution < 1.29 is 38.8 Å². The molecule has 0 aliphatic rings. The first-order chi connectivity index (χ1) is 23.1. The molecule has 2 aromatic carbocycles. The fraction of sp³-hybridized carbons (Fsp3) is 0.622. The molecule has 0 aliphatic carbocycles. The molecule has 1 amide bonds. The molecule has 0 saturated carbocycles. The lowest BCUT2D eigenvalue weighted by Gasteiger charge is -2.31. The van der Waals surface area contributed by atoms with E-state index in [2.05, 4.69) is 24.4 Å². The molecule has 0 aromatic heterocycles. The van der Waals surface area contributed by atoms with Gasteiger partial charge in [0.2, 0.25) is 0 Å².